The van der Waals surface area contributed by atoms with Gasteiger partial charge in [0.15, 0.2) is 0 Å². The number of allylic oxidation sites excluding steroid dienone is 2. The van der Waals surface area contributed by atoms with Crippen molar-refractivity contribution in [1.29, 1.82) is 10.5 Å². The van der Waals surface area contributed by atoms with Gasteiger partial charge >= 0.3 is 0 Å². The highest BCUT2D eigenvalue weighted by molar-refractivity contribution is 6.08. The van der Waals surface area contributed by atoms with E-state index in [4.69, 9.17) is 0 Å². The van der Waals surface area contributed by atoms with E-state index in [1.165, 1.54) is 11.4 Å². The van der Waals surface area contributed by atoms with Crippen molar-refractivity contribution in [3.63, 3.8) is 0 Å². The predicted octanol–water partition coefficient (Wildman–Crippen LogP) is 2.72. The maximum Gasteiger partial charge on any atom is 0.136 e. The van der Waals surface area contributed by atoms with Crippen LogP contribution in [0.4, 0.5) is 0 Å². The Balaban J connectivity index is 2.06. The second kappa shape index (κ2) is 6.18. The summed E-state index contributed by atoms with van der Waals surface area (Å²) in [6, 6.07) is 16.3. The highest BCUT2D eigenvalue weighted by Gasteiger charge is 2.24. The van der Waals surface area contributed by atoms with Crippen LogP contribution in [0.1, 0.15) is 13.8 Å². The Hall–Kier alpha value is -3.70. The van der Waals surface area contributed by atoms with Gasteiger partial charge in [0, 0.05) is 64.8 Å². The molecule has 0 N–H and O–H groups in total. The van der Waals surface area contributed by atoms with E-state index in [0.717, 1.165) is 32.8 Å². The van der Waals surface area contributed by atoms with Gasteiger partial charge < -0.3 is 14.4 Å². The first-order chi connectivity index (χ1) is 13.4. The van der Waals surface area contributed by atoms with E-state index >= 15 is 0 Å². The van der Waals surface area contributed by atoms with Crippen LogP contribution >= 0.6 is 0 Å². The minimum absolute atomic E-state index is 0.134. The van der Waals surface area contributed by atoms with Gasteiger partial charge in [0.05, 0.1) is 0 Å². The molecule has 5 nitrogen and oxygen atoms in total. The van der Waals surface area contributed by atoms with Crippen molar-refractivity contribution in [2.45, 2.75) is 13.8 Å². The standard InChI is InChI=1S/C23H21N5/c1-14-15(2)27(4)23(26(14)3)17-7-9-20-19-8-6-16(18(12-24)13-25)10-21(19)28(5)22(20)11-17/h6-11H,1-5H3. The lowest BCUT2D eigenvalue weighted by molar-refractivity contribution is 0.517. The fourth-order valence-electron chi connectivity index (χ4n) is 4.07. The van der Waals surface area contributed by atoms with E-state index in [1.807, 2.05) is 37.4 Å². The molecule has 0 atom stereocenters. The molecular formula is C23H21N5. The maximum absolute atomic E-state index is 9.18. The Morgan fingerprint density at radius 3 is 1.89 bits per heavy atom. The SMILES string of the molecule is CC1=C(C)N(C)C(=c2ccc3c4ccc(=C(C#N)C#N)cc4n(C)c3c2)N1C. The number of rotatable bonds is 0. The summed E-state index contributed by atoms with van der Waals surface area (Å²) in [5, 5.41) is 22.4. The normalized spacial score (nSPS) is 14.2. The van der Waals surface area contributed by atoms with Crippen LogP contribution in [0.2, 0.25) is 0 Å². The van der Waals surface area contributed by atoms with Gasteiger partial charge in [-0.15, -0.1) is 0 Å². The van der Waals surface area contributed by atoms with Crippen molar-refractivity contribution in [3.8, 4) is 12.1 Å². The van der Waals surface area contributed by atoms with Gasteiger partial charge in [0.25, 0.3) is 0 Å². The highest BCUT2D eigenvalue weighted by atomic mass is 15.4. The average molecular weight is 367 g/mol. The molecule has 0 spiro atoms. The van der Waals surface area contributed by atoms with Gasteiger partial charge in [-0.1, -0.05) is 24.3 Å². The van der Waals surface area contributed by atoms with E-state index in [2.05, 4.69) is 60.5 Å². The molecule has 0 saturated heterocycles. The molecule has 2 heterocycles. The molecule has 0 radical (unpaired) electrons. The summed E-state index contributed by atoms with van der Waals surface area (Å²) in [7, 11) is 6.21. The number of aromatic nitrogens is 1. The number of hydrogen-bond acceptors (Lipinski definition) is 4. The topological polar surface area (TPSA) is 59.0 Å². The first kappa shape index (κ1) is 17.7. The van der Waals surface area contributed by atoms with Crippen molar-refractivity contribution < 1.29 is 0 Å². The molecule has 0 amide bonds. The molecule has 0 unspecified atom stereocenters. The molecule has 3 aromatic rings. The largest absolute Gasteiger partial charge is 0.344 e. The summed E-state index contributed by atoms with van der Waals surface area (Å²) in [6.07, 6.45) is 0. The van der Waals surface area contributed by atoms with Crippen LogP contribution in [-0.2, 0) is 7.05 Å². The second-order valence-corrected chi connectivity index (χ2v) is 7.23. The highest BCUT2D eigenvalue weighted by Crippen LogP contribution is 2.30. The first-order valence-electron chi connectivity index (χ1n) is 9.11. The van der Waals surface area contributed by atoms with E-state index in [-0.39, 0.29) is 5.57 Å². The van der Waals surface area contributed by atoms with E-state index in [0.29, 0.717) is 5.22 Å². The Labute approximate surface area is 163 Å². The summed E-state index contributed by atoms with van der Waals surface area (Å²) in [5.41, 5.74) is 4.76. The van der Waals surface area contributed by atoms with Crippen LogP contribution in [0.25, 0.3) is 33.2 Å². The fraction of sp³-hybridized carbons (Fsp3) is 0.217. The molecule has 0 saturated carbocycles. The van der Waals surface area contributed by atoms with Gasteiger partial charge in [-0.2, -0.15) is 10.5 Å². The van der Waals surface area contributed by atoms with Crippen LogP contribution < -0.4 is 10.4 Å². The number of hydrogen-bond donors (Lipinski definition) is 0. The van der Waals surface area contributed by atoms with Crippen LogP contribution in [0.3, 0.4) is 0 Å². The van der Waals surface area contributed by atoms with Crippen molar-refractivity contribution >= 4 is 33.2 Å². The minimum atomic E-state index is 0.134. The second-order valence-electron chi connectivity index (χ2n) is 7.23. The average Bonchev–Trinajstić information content (AvgIpc) is 3.09. The summed E-state index contributed by atoms with van der Waals surface area (Å²) < 4.78 is 2.13. The molecule has 138 valence electrons. The van der Waals surface area contributed by atoms with Crippen LogP contribution in [-0.4, -0.2) is 28.5 Å². The summed E-state index contributed by atoms with van der Waals surface area (Å²) in [4.78, 5) is 4.44. The zero-order valence-electron chi connectivity index (χ0n) is 16.7. The van der Waals surface area contributed by atoms with Crippen LogP contribution in [0, 0.1) is 22.7 Å². The van der Waals surface area contributed by atoms with Gasteiger partial charge in [-0.25, -0.2) is 0 Å². The van der Waals surface area contributed by atoms with Crippen molar-refractivity contribution in [1.82, 2.24) is 14.4 Å². The Bertz CT molecular complexity index is 1350. The van der Waals surface area contributed by atoms with Gasteiger partial charge in [-0.05, 0) is 26.0 Å². The molecule has 1 aromatic heterocycles. The molecule has 0 aliphatic carbocycles. The minimum Gasteiger partial charge on any atom is -0.344 e. The number of nitrogens with zero attached hydrogens (tertiary/aromatic N) is 5. The lowest BCUT2D eigenvalue weighted by atomic mass is 10.1. The van der Waals surface area contributed by atoms with Gasteiger partial charge in [0.1, 0.15) is 23.5 Å². The number of benzene rings is 2. The quantitative estimate of drug-likeness (QED) is 0.613. The molecule has 1 aliphatic rings. The molecular weight excluding hydrogens is 346 g/mol. The molecule has 4 rings (SSSR count). The summed E-state index contributed by atoms with van der Waals surface area (Å²) in [6.45, 7) is 4.27. The van der Waals surface area contributed by atoms with E-state index < -0.39 is 0 Å². The van der Waals surface area contributed by atoms with Gasteiger partial charge in [-0.3, -0.25) is 0 Å². The maximum atomic E-state index is 9.18. The lowest BCUT2D eigenvalue weighted by Gasteiger charge is -2.20. The summed E-state index contributed by atoms with van der Waals surface area (Å²) >= 11 is 0. The van der Waals surface area contributed by atoms with Crippen LogP contribution in [0.5, 0.6) is 0 Å². The third-order valence-corrected chi connectivity index (χ3v) is 5.94. The van der Waals surface area contributed by atoms with Crippen molar-refractivity contribution in [3.05, 3.63) is 58.2 Å². The Morgan fingerprint density at radius 1 is 0.786 bits per heavy atom. The van der Waals surface area contributed by atoms with E-state index in [9.17, 15) is 10.5 Å². The predicted molar refractivity (Wildman–Crippen MR) is 112 cm³/mol. The molecule has 0 fully saturated rings. The fourth-order valence-corrected chi connectivity index (χ4v) is 4.07. The Morgan fingerprint density at radius 2 is 1.32 bits per heavy atom. The lowest BCUT2D eigenvalue weighted by Crippen LogP contribution is -2.25. The third kappa shape index (κ3) is 2.30. The summed E-state index contributed by atoms with van der Waals surface area (Å²) in [5.74, 6) is 1.16. The van der Waals surface area contributed by atoms with Gasteiger partial charge in [0.2, 0.25) is 0 Å². The number of aryl methyl sites for hydroxylation is 1. The molecule has 0 bridgehead atoms. The van der Waals surface area contributed by atoms with E-state index in [1.54, 1.807) is 0 Å². The number of nitriles is 2. The molecule has 1 aliphatic heterocycles. The molecule has 28 heavy (non-hydrogen) atoms. The van der Waals surface area contributed by atoms with Crippen LogP contribution in [0.15, 0.2) is 47.8 Å². The monoisotopic (exact) mass is 367 g/mol. The van der Waals surface area contributed by atoms with Crippen molar-refractivity contribution in [2.24, 2.45) is 7.05 Å². The molecule has 5 heteroatoms. The zero-order valence-corrected chi connectivity index (χ0v) is 16.7. The molecule has 2 aromatic carbocycles. The Kier molecular flexibility index (Phi) is 3.91. The zero-order chi connectivity index (χ0) is 20.2. The van der Waals surface area contributed by atoms with Crippen molar-refractivity contribution in [2.75, 3.05) is 14.1 Å². The smallest absolute Gasteiger partial charge is 0.136 e. The first-order valence-corrected chi connectivity index (χ1v) is 9.11. The number of fused-ring (bicyclic) bond motifs is 3. The third-order valence-electron chi connectivity index (χ3n) is 5.94.